The molecule has 94 valence electrons. The fraction of sp³-hybridized carbons (Fsp3) is 0.167. The maximum atomic E-state index is 11.6. The van der Waals surface area contributed by atoms with Gasteiger partial charge in [-0.1, -0.05) is 18.5 Å². The van der Waals surface area contributed by atoms with Gasteiger partial charge in [0.05, 0.1) is 0 Å². The van der Waals surface area contributed by atoms with E-state index in [0.717, 1.165) is 15.6 Å². The van der Waals surface area contributed by atoms with E-state index in [-0.39, 0.29) is 16.5 Å². The third-order valence-electron chi connectivity index (χ3n) is 2.34. The monoisotopic (exact) mass is 376 g/mol. The van der Waals surface area contributed by atoms with Crippen LogP contribution in [-0.4, -0.2) is 10.2 Å². The van der Waals surface area contributed by atoms with Gasteiger partial charge >= 0.3 is 0 Å². The molecule has 1 aromatic carbocycles. The molecular weight excluding hydrogens is 367 g/mol. The topological polar surface area (TPSA) is 55.0 Å². The third kappa shape index (κ3) is 3.02. The van der Waals surface area contributed by atoms with E-state index in [4.69, 9.17) is 16.3 Å². The van der Waals surface area contributed by atoms with Crippen LogP contribution in [0.2, 0.25) is 5.15 Å². The summed E-state index contributed by atoms with van der Waals surface area (Å²) in [7, 11) is 0. The Hall–Kier alpha value is -1.08. The summed E-state index contributed by atoms with van der Waals surface area (Å²) in [6, 6.07) is 7.00. The van der Waals surface area contributed by atoms with Crippen molar-refractivity contribution in [3.63, 3.8) is 0 Å². The quantitative estimate of drug-likeness (QED) is 0.836. The van der Waals surface area contributed by atoms with Crippen molar-refractivity contribution in [3.05, 3.63) is 48.8 Å². The summed E-state index contributed by atoms with van der Waals surface area (Å²) in [5, 5.41) is 6.46. The lowest BCUT2D eigenvalue weighted by Crippen LogP contribution is -2.08. The zero-order chi connectivity index (χ0) is 13.1. The molecule has 1 aromatic heterocycles. The number of benzene rings is 1. The molecule has 2 rings (SSSR count). The maximum absolute atomic E-state index is 11.6. The van der Waals surface area contributed by atoms with E-state index < -0.39 is 0 Å². The van der Waals surface area contributed by atoms with Gasteiger partial charge in [0.1, 0.15) is 10.9 Å². The molecule has 0 spiro atoms. The van der Waals surface area contributed by atoms with Crippen molar-refractivity contribution in [2.75, 3.05) is 0 Å². The van der Waals surface area contributed by atoms with Crippen LogP contribution in [0.1, 0.15) is 12.5 Å². The molecule has 4 nitrogen and oxygen atoms in total. The molecule has 0 saturated carbocycles. The normalized spacial score (nSPS) is 10.4. The number of aryl methyl sites for hydroxylation is 1. The largest absolute Gasteiger partial charge is 0.434 e. The zero-order valence-electron chi connectivity index (χ0n) is 9.54. The first-order valence-corrected chi connectivity index (χ1v) is 6.77. The van der Waals surface area contributed by atoms with Gasteiger partial charge in [0.15, 0.2) is 0 Å². The Morgan fingerprint density at radius 3 is 2.89 bits per heavy atom. The lowest BCUT2D eigenvalue weighted by atomic mass is 10.1. The van der Waals surface area contributed by atoms with Gasteiger partial charge in [0.25, 0.3) is 5.88 Å². The van der Waals surface area contributed by atoms with Gasteiger partial charge in [-0.3, -0.25) is 9.89 Å². The summed E-state index contributed by atoms with van der Waals surface area (Å²) in [5.41, 5.74) is 0.678. The second-order valence-corrected chi connectivity index (χ2v) is 5.25. The van der Waals surface area contributed by atoms with Crippen LogP contribution in [0, 0.1) is 3.57 Å². The standard InChI is InChI=1S/C12H10ClIN2O2/c1-2-7-5-8(14)3-4-10(7)18-12-9(17)6-11(13)15-16-12/h3-6H,2H2,1H3,(H,15,17). The van der Waals surface area contributed by atoms with Crippen LogP contribution >= 0.6 is 34.2 Å². The minimum atomic E-state index is -0.348. The number of aromatic amines is 1. The second-order valence-electron chi connectivity index (χ2n) is 3.59. The number of rotatable bonds is 3. The lowest BCUT2D eigenvalue weighted by Gasteiger charge is -2.08. The molecule has 0 saturated heterocycles. The van der Waals surface area contributed by atoms with E-state index >= 15 is 0 Å². The summed E-state index contributed by atoms with van der Waals surface area (Å²) < 4.78 is 6.64. The molecule has 1 heterocycles. The molecule has 0 unspecified atom stereocenters. The van der Waals surface area contributed by atoms with Crippen molar-refractivity contribution < 1.29 is 4.74 Å². The van der Waals surface area contributed by atoms with Crippen molar-refractivity contribution in [1.29, 1.82) is 0 Å². The van der Waals surface area contributed by atoms with Crippen LogP contribution in [0.4, 0.5) is 0 Å². The molecule has 0 aliphatic carbocycles. The average Bonchev–Trinajstić information content (AvgIpc) is 2.34. The molecule has 0 aliphatic heterocycles. The Morgan fingerprint density at radius 2 is 2.22 bits per heavy atom. The Labute approximate surface area is 122 Å². The number of nitrogens with zero attached hydrogens (tertiary/aromatic N) is 1. The molecule has 0 aliphatic rings. The first-order valence-electron chi connectivity index (χ1n) is 5.31. The van der Waals surface area contributed by atoms with Gasteiger partial charge in [-0.2, -0.15) is 0 Å². The van der Waals surface area contributed by atoms with Crippen molar-refractivity contribution in [2.45, 2.75) is 13.3 Å². The van der Waals surface area contributed by atoms with Gasteiger partial charge in [0.2, 0.25) is 5.43 Å². The van der Waals surface area contributed by atoms with Crippen molar-refractivity contribution in [3.8, 4) is 11.6 Å². The van der Waals surface area contributed by atoms with Crippen molar-refractivity contribution >= 4 is 34.2 Å². The number of ether oxygens (including phenoxy) is 1. The summed E-state index contributed by atoms with van der Waals surface area (Å²) in [6.07, 6.45) is 0.817. The molecule has 0 bridgehead atoms. The van der Waals surface area contributed by atoms with Gasteiger partial charge in [0, 0.05) is 9.64 Å². The second kappa shape index (κ2) is 5.71. The summed E-state index contributed by atoms with van der Waals surface area (Å²) in [6.45, 7) is 2.03. The van der Waals surface area contributed by atoms with Gasteiger partial charge in [-0.15, -0.1) is 5.10 Å². The van der Waals surface area contributed by atoms with E-state index in [9.17, 15) is 4.79 Å². The molecule has 0 fully saturated rings. The minimum Gasteiger partial charge on any atom is -0.434 e. The van der Waals surface area contributed by atoms with Gasteiger partial charge in [-0.25, -0.2) is 0 Å². The van der Waals surface area contributed by atoms with Crippen molar-refractivity contribution in [2.24, 2.45) is 0 Å². The highest BCUT2D eigenvalue weighted by atomic mass is 127. The summed E-state index contributed by atoms with van der Waals surface area (Å²) in [5.74, 6) is 0.633. The fourth-order valence-electron chi connectivity index (χ4n) is 1.47. The highest BCUT2D eigenvalue weighted by Gasteiger charge is 2.08. The van der Waals surface area contributed by atoms with Gasteiger partial charge in [-0.05, 0) is 52.8 Å². The minimum absolute atomic E-state index is 0.00434. The Balaban J connectivity index is 2.37. The predicted molar refractivity (Wildman–Crippen MR) is 78.5 cm³/mol. The smallest absolute Gasteiger partial charge is 0.285 e. The first kappa shape index (κ1) is 13.4. The molecule has 0 amide bonds. The number of hydrogen-bond donors (Lipinski definition) is 1. The Bertz CT molecular complexity index is 628. The lowest BCUT2D eigenvalue weighted by molar-refractivity contribution is 0.445. The van der Waals surface area contributed by atoms with E-state index in [2.05, 4.69) is 32.8 Å². The first-order chi connectivity index (χ1) is 8.60. The molecule has 6 heteroatoms. The van der Waals surface area contributed by atoms with Crippen LogP contribution in [0.5, 0.6) is 11.6 Å². The zero-order valence-corrected chi connectivity index (χ0v) is 12.4. The van der Waals surface area contributed by atoms with Crippen LogP contribution in [-0.2, 0) is 6.42 Å². The molecule has 0 atom stereocenters. The highest BCUT2D eigenvalue weighted by molar-refractivity contribution is 14.1. The van der Waals surface area contributed by atoms with Crippen LogP contribution < -0.4 is 10.2 Å². The molecule has 0 radical (unpaired) electrons. The third-order valence-corrected chi connectivity index (χ3v) is 3.21. The van der Waals surface area contributed by atoms with Crippen molar-refractivity contribution in [1.82, 2.24) is 10.2 Å². The predicted octanol–water partition coefficient (Wildman–Crippen LogP) is 3.38. The maximum Gasteiger partial charge on any atom is 0.285 e. The Kier molecular flexibility index (Phi) is 4.23. The van der Waals surface area contributed by atoms with Crippen LogP contribution in [0.25, 0.3) is 0 Å². The highest BCUT2D eigenvalue weighted by Crippen LogP contribution is 2.24. The Morgan fingerprint density at radius 1 is 1.44 bits per heavy atom. The number of hydrogen-bond acceptors (Lipinski definition) is 3. The molecule has 2 aromatic rings. The number of aromatic nitrogens is 2. The van der Waals surface area contributed by atoms with Crippen LogP contribution in [0.3, 0.4) is 0 Å². The fourth-order valence-corrected chi connectivity index (χ4v) is 2.17. The van der Waals surface area contributed by atoms with Crippen LogP contribution in [0.15, 0.2) is 29.1 Å². The SMILES string of the molecule is CCc1cc(I)ccc1Oc1n[nH]c(Cl)cc1=O. The van der Waals surface area contributed by atoms with E-state index in [1.54, 1.807) is 0 Å². The summed E-state index contributed by atoms with van der Waals surface area (Å²) in [4.78, 5) is 11.6. The number of halogens is 2. The van der Waals surface area contributed by atoms with E-state index in [0.29, 0.717) is 5.75 Å². The molecule has 18 heavy (non-hydrogen) atoms. The number of H-pyrrole nitrogens is 1. The summed E-state index contributed by atoms with van der Waals surface area (Å²) >= 11 is 7.86. The average molecular weight is 377 g/mol. The van der Waals surface area contributed by atoms with E-state index in [1.807, 2.05) is 25.1 Å². The van der Waals surface area contributed by atoms with E-state index in [1.165, 1.54) is 6.07 Å². The van der Waals surface area contributed by atoms with Gasteiger partial charge < -0.3 is 4.74 Å². The molecule has 1 N–H and O–H groups in total. The number of nitrogens with one attached hydrogen (secondary N) is 1. The molecular formula is C12H10ClIN2O2.